The quantitative estimate of drug-likeness (QED) is 0.846. The van der Waals surface area contributed by atoms with Crippen molar-refractivity contribution in [2.75, 3.05) is 43.1 Å². The third-order valence-corrected chi connectivity index (χ3v) is 5.24. The molecule has 0 atom stereocenters. The summed E-state index contributed by atoms with van der Waals surface area (Å²) in [5.74, 6) is 1.85. The summed E-state index contributed by atoms with van der Waals surface area (Å²) in [5.41, 5.74) is 3.63. The molecule has 6 heteroatoms. The van der Waals surface area contributed by atoms with E-state index in [0.717, 1.165) is 73.4 Å². The predicted octanol–water partition coefficient (Wildman–Crippen LogP) is 2.64. The lowest BCUT2D eigenvalue weighted by Crippen LogP contribution is -2.47. The lowest BCUT2D eigenvalue weighted by molar-refractivity contribution is 0.0970. The summed E-state index contributed by atoms with van der Waals surface area (Å²) in [6.07, 6.45) is 2.38. The molecule has 1 aromatic carbocycles. The van der Waals surface area contributed by atoms with Crippen LogP contribution in [0.4, 0.5) is 11.6 Å². The number of aromatic nitrogens is 2. The number of methoxy groups -OCH3 is 1. The van der Waals surface area contributed by atoms with Crippen LogP contribution in [0.2, 0.25) is 0 Å². The van der Waals surface area contributed by atoms with E-state index in [-0.39, 0.29) is 5.78 Å². The summed E-state index contributed by atoms with van der Waals surface area (Å²) in [5, 5.41) is 0. The highest BCUT2D eigenvalue weighted by molar-refractivity contribution is 5.99. The zero-order chi connectivity index (χ0) is 18.1. The van der Waals surface area contributed by atoms with Gasteiger partial charge < -0.3 is 14.5 Å². The second-order valence-corrected chi connectivity index (χ2v) is 6.85. The second kappa shape index (κ2) is 6.94. The second-order valence-electron chi connectivity index (χ2n) is 6.85. The van der Waals surface area contributed by atoms with Crippen molar-refractivity contribution < 1.29 is 9.53 Å². The molecule has 0 radical (unpaired) electrons. The number of fused-ring (bicyclic) bond motifs is 1. The molecule has 0 spiro atoms. The average molecular weight is 352 g/mol. The first-order valence-corrected chi connectivity index (χ1v) is 9.21. The number of hydrogen-bond acceptors (Lipinski definition) is 6. The van der Waals surface area contributed by atoms with Crippen LogP contribution in [0.3, 0.4) is 0 Å². The minimum Gasteiger partial charge on any atom is -0.495 e. The number of rotatable bonds is 3. The van der Waals surface area contributed by atoms with E-state index < -0.39 is 0 Å². The van der Waals surface area contributed by atoms with Gasteiger partial charge in [0.1, 0.15) is 5.75 Å². The van der Waals surface area contributed by atoms with E-state index in [1.807, 2.05) is 25.1 Å². The number of ketones is 1. The molecule has 1 saturated heterocycles. The fraction of sp³-hybridized carbons (Fsp3) is 0.450. The number of aryl methyl sites for hydroxylation is 2. The van der Waals surface area contributed by atoms with Crippen LogP contribution in [0.25, 0.3) is 0 Å². The standard InChI is InChI=1S/C20H24N4O2/c1-14-19-15(6-5-8-17(19)25)22-20(21-14)24-12-10-23(11-13-24)16-7-3-4-9-18(16)26-2/h3-4,7,9H,5-6,8,10-13H2,1-2H3. The van der Waals surface area contributed by atoms with Gasteiger partial charge in [0.05, 0.1) is 29.7 Å². The predicted molar refractivity (Wildman–Crippen MR) is 101 cm³/mol. The Balaban J connectivity index is 1.52. The Morgan fingerprint density at radius 2 is 1.73 bits per heavy atom. The van der Waals surface area contributed by atoms with Crippen molar-refractivity contribution in [1.82, 2.24) is 9.97 Å². The maximum atomic E-state index is 12.1. The number of benzene rings is 1. The van der Waals surface area contributed by atoms with Crippen LogP contribution >= 0.6 is 0 Å². The lowest BCUT2D eigenvalue weighted by Gasteiger charge is -2.37. The van der Waals surface area contributed by atoms with Gasteiger partial charge in [-0.3, -0.25) is 4.79 Å². The zero-order valence-electron chi connectivity index (χ0n) is 15.4. The maximum absolute atomic E-state index is 12.1. The molecule has 0 bridgehead atoms. The van der Waals surface area contributed by atoms with Gasteiger partial charge >= 0.3 is 0 Å². The smallest absolute Gasteiger partial charge is 0.225 e. The van der Waals surface area contributed by atoms with Crippen LogP contribution in [0.1, 0.15) is 34.6 Å². The number of anilines is 2. The Bertz CT molecular complexity index is 829. The highest BCUT2D eigenvalue weighted by Gasteiger charge is 2.26. The minimum atomic E-state index is 0.191. The van der Waals surface area contributed by atoms with E-state index in [1.165, 1.54) is 0 Å². The van der Waals surface area contributed by atoms with Crippen LogP contribution in [-0.4, -0.2) is 49.0 Å². The normalized spacial score (nSPS) is 17.2. The van der Waals surface area contributed by atoms with E-state index in [1.54, 1.807) is 7.11 Å². The number of carbonyl (C=O) groups is 1. The van der Waals surface area contributed by atoms with Gasteiger partial charge in [-0.25, -0.2) is 9.97 Å². The van der Waals surface area contributed by atoms with Gasteiger partial charge in [-0.05, 0) is 31.9 Å². The van der Waals surface area contributed by atoms with Crippen LogP contribution in [0, 0.1) is 6.92 Å². The van der Waals surface area contributed by atoms with E-state index in [9.17, 15) is 4.79 Å². The van der Waals surface area contributed by atoms with Crippen LogP contribution in [-0.2, 0) is 6.42 Å². The topological polar surface area (TPSA) is 58.6 Å². The molecule has 1 aliphatic heterocycles. The molecule has 1 aromatic heterocycles. The number of piperazine rings is 1. The third-order valence-electron chi connectivity index (χ3n) is 5.24. The van der Waals surface area contributed by atoms with Crippen LogP contribution in [0.5, 0.6) is 5.75 Å². The molecule has 2 aromatic rings. The molecule has 2 aliphatic rings. The van der Waals surface area contributed by atoms with Gasteiger partial charge in [-0.15, -0.1) is 0 Å². The van der Waals surface area contributed by atoms with Gasteiger partial charge in [0, 0.05) is 32.6 Å². The Morgan fingerprint density at radius 3 is 2.50 bits per heavy atom. The molecule has 0 unspecified atom stereocenters. The summed E-state index contributed by atoms with van der Waals surface area (Å²) >= 11 is 0. The SMILES string of the molecule is COc1ccccc1N1CCN(c2nc(C)c3c(n2)CCCC3=O)CC1. The van der Waals surface area contributed by atoms with Crippen LogP contribution in [0.15, 0.2) is 24.3 Å². The molecule has 0 N–H and O–H groups in total. The first kappa shape index (κ1) is 16.8. The molecule has 26 heavy (non-hydrogen) atoms. The third kappa shape index (κ3) is 3.00. The number of Topliss-reactive ketones (excluding diaryl/α,β-unsaturated/α-hetero) is 1. The van der Waals surface area contributed by atoms with Gasteiger partial charge in [0.25, 0.3) is 0 Å². The van der Waals surface area contributed by atoms with Crippen molar-refractivity contribution in [3.05, 3.63) is 41.2 Å². The highest BCUT2D eigenvalue weighted by Crippen LogP contribution is 2.29. The fourth-order valence-electron chi connectivity index (χ4n) is 3.88. The molecular formula is C20H24N4O2. The molecule has 136 valence electrons. The summed E-state index contributed by atoms with van der Waals surface area (Å²) < 4.78 is 5.49. The Kier molecular flexibility index (Phi) is 4.49. The summed E-state index contributed by atoms with van der Waals surface area (Å²) in [6.45, 7) is 5.41. The Labute approximate surface area is 153 Å². The lowest BCUT2D eigenvalue weighted by atomic mass is 9.94. The number of para-hydroxylation sites is 2. The Morgan fingerprint density at radius 1 is 1.00 bits per heavy atom. The number of ether oxygens (including phenoxy) is 1. The molecule has 1 fully saturated rings. The highest BCUT2D eigenvalue weighted by atomic mass is 16.5. The van der Waals surface area contributed by atoms with Crippen molar-refractivity contribution in [3.63, 3.8) is 0 Å². The van der Waals surface area contributed by atoms with Gasteiger partial charge in [-0.2, -0.15) is 0 Å². The fourth-order valence-corrected chi connectivity index (χ4v) is 3.88. The van der Waals surface area contributed by atoms with Crippen molar-refractivity contribution >= 4 is 17.4 Å². The van der Waals surface area contributed by atoms with Gasteiger partial charge in [-0.1, -0.05) is 12.1 Å². The molecule has 2 heterocycles. The van der Waals surface area contributed by atoms with Crippen molar-refractivity contribution in [2.45, 2.75) is 26.2 Å². The summed E-state index contributed by atoms with van der Waals surface area (Å²) in [4.78, 5) is 26.1. The number of hydrogen-bond donors (Lipinski definition) is 0. The summed E-state index contributed by atoms with van der Waals surface area (Å²) in [6, 6.07) is 8.12. The maximum Gasteiger partial charge on any atom is 0.225 e. The van der Waals surface area contributed by atoms with E-state index in [0.29, 0.717) is 6.42 Å². The molecule has 0 amide bonds. The molecule has 0 saturated carbocycles. The largest absolute Gasteiger partial charge is 0.495 e. The number of nitrogens with zero attached hydrogens (tertiary/aromatic N) is 4. The molecule has 4 rings (SSSR count). The van der Waals surface area contributed by atoms with Crippen molar-refractivity contribution in [2.24, 2.45) is 0 Å². The number of carbonyl (C=O) groups excluding carboxylic acids is 1. The first-order valence-electron chi connectivity index (χ1n) is 9.21. The first-order chi connectivity index (χ1) is 12.7. The zero-order valence-corrected chi connectivity index (χ0v) is 15.4. The average Bonchev–Trinajstić information content (AvgIpc) is 2.68. The van der Waals surface area contributed by atoms with E-state index in [2.05, 4.69) is 20.9 Å². The van der Waals surface area contributed by atoms with Gasteiger partial charge in [0.15, 0.2) is 5.78 Å². The van der Waals surface area contributed by atoms with E-state index >= 15 is 0 Å². The minimum absolute atomic E-state index is 0.191. The van der Waals surface area contributed by atoms with Gasteiger partial charge in [0.2, 0.25) is 5.95 Å². The summed E-state index contributed by atoms with van der Waals surface area (Å²) in [7, 11) is 1.71. The molecule has 1 aliphatic carbocycles. The molecule has 6 nitrogen and oxygen atoms in total. The van der Waals surface area contributed by atoms with E-state index in [4.69, 9.17) is 9.72 Å². The van der Waals surface area contributed by atoms with Crippen molar-refractivity contribution in [1.29, 1.82) is 0 Å². The molecular weight excluding hydrogens is 328 g/mol. The van der Waals surface area contributed by atoms with Crippen molar-refractivity contribution in [3.8, 4) is 5.75 Å². The van der Waals surface area contributed by atoms with Crippen LogP contribution < -0.4 is 14.5 Å². The Hall–Kier alpha value is -2.63. The monoisotopic (exact) mass is 352 g/mol.